The summed E-state index contributed by atoms with van der Waals surface area (Å²) >= 11 is 1.30. The van der Waals surface area contributed by atoms with Crippen molar-refractivity contribution in [1.29, 1.82) is 0 Å². The number of ether oxygens (including phenoxy) is 4. The number of para-hydroxylation sites is 2. The van der Waals surface area contributed by atoms with Crippen molar-refractivity contribution in [2.24, 2.45) is 0 Å². The molecular weight excluding hydrogens is 384 g/mol. The SMILES string of the molecule is COc1ccc2nc(NC(=O)COC(=O)COc3ccccc3OC)sc2c1. The quantitative estimate of drug-likeness (QED) is 0.579. The number of anilines is 1. The van der Waals surface area contributed by atoms with Gasteiger partial charge in [-0.1, -0.05) is 23.5 Å². The minimum Gasteiger partial charge on any atom is -0.497 e. The topological polar surface area (TPSA) is 96.0 Å². The van der Waals surface area contributed by atoms with E-state index in [4.69, 9.17) is 18.9 Å². The number of thiazole rings is 1. The number of esters is 1. The Kier molecular flexibility index (Phi) is 6.28. The van der Waals surface area contributed by atoms with Crippen LogP contribution in [0.3, 0.4) is 0 Å². The molecule has 2 aromatic carbocycles. The smallest absolute Gasteiger partial charge is 0.344 e. The highest BCUT2D eigenvalue weighted by Gasteiger charge is 2.12. The third kappa shape index (κ3) is 4.89. The zero-order valence-electron chi connectivity index (χ0n) is 15.3. The van der Waals surface area contributed by atoms with Gasteiger partial charge in [0.2, 0.25) is 0 Å². The van der Waals surface area contributed by atoms with Crippen LogP contribution in [0.25, 0.3) is 10.2 Å². The summed E-state index contributed by atoms with van der Waals surface area (Å²) in [5.41, 5.74) is 0.739. The second-order valence-corrected chi connectivity index (χ2v) is 6.53. The first-order valence-corrected chi connectivity index (χ1v) is 9.06. The molecule has 8 nitrogen and oxygen atoms in total. The minimum absolute atomic E-state index is 0.339. The van der Waals surface area contributed by atoms with Crippen molar-refractivity contribution >= 4 is 38.6 Å². The van der Waals surface area contributed by atoms with Crippen LogP contribution in [0.4, 0.5) is 5.13 Å². The second-order valence-electron chi connectivity index (χ2n) is 5.50. The average Bonchev–Trinajstić information content (AvgIpc) is 3.11. The molecule has 0 saturated heterocycles. The third-order valence-electron chi connectivity index (χ3n) is 3.62. The van der Waals surface area contributed by atoms with E-state index in [1.54, 1.807) is 43.5 Å². The molecule has 0 spiro atoms. The number of carbonyl (C=O) groups excluding carboxylic acids is 2. The number of rotatable bonds is 8. The summed E-state index contributed by atoms with van der Waals surface area (Å²) in [6, 6.07) is 12.3. The van der Waals surface area contributed by atoms with E-state index in [0.717, 1.165) is 10.2 Å². The van der Waals surface area contributed by atoms with Gasteiger partial charge in [0.25, 0.3) is 5.91 Å². The lowest BCUT2D eigenvalue weighted by Gasteiger charge is -2.09. The van der Waals surface area contributed by atoms with Gasteiger partial charge < -0.3 is 18.9 Å². The second kappa shape index (κ2) is 9.05. The van der Waals surface area contributed by atoms with E-state index in [1.807, 2.05) is 6.07 Å². The Labute approximate surface area is 165 Å². The Morgan fingerprint density at radius 3 is 2.57 bits per heavy atom. The number of amides is 1. The lowest BCUT2D eigenvalue weighted by Crippen LogP contribution is -2.23. The molecule has 0 saturated carbocycles. The van der Waals surface area contributed by atoms with Gasteiger partial charge >= 0.3 is 5.97 Å². The normalized spacial score (nSPS) is 10.4. The number of aromatic nitrogens is 1. The van der Waals surface area contributed by atoms with Crippen LogP contribution in [-0.2, 0) is 14.3 Å². The van der Waals surface area contributed by atoms with Gasteiger partial charge in [-0.25, -0.2) is 9.78 Å². The van der Waals surface area contributed by atoms with E-state index in [9.17, 15) is 9.59 Å². The van der Waals surface area contributed by atoms with Gasteiger partial charge in [-0.15, -0.1) is 0 Å². The molecule has 0 aliphatic carbocycles. The Morgan fingerprint density at radius 2 is 1.82 bits per heavy atom. The largest absolute Gasteiger partial charge is 0.497 e. The van der Waals surface area contributed by atoms with E-state index in [1.165, 1.54) is 18.4 Å². The van der Waals surface area contributed by atoms with E-state index >= 15 is 0 Å². The molecule has 3 rings (SSSR count). The molecule has 1 amide bonds. The Balaban J connectivity index is 1.48. The maximum Gasteiger partial charge on any atom is 0.344 e. The lowest BCUT2D eigenvalue weighted by molar-refractivity contribution is -0.149. The maximum atomic E-state index is 12.0. The molecule has 28 heavy (non-hydrogen) atoms. The molecule has 9 heteroatoms. The van der Waals surface area contributed by atoms with Crippen molar-refractivity contribution in [1.82, 2.24) is 4.98 Å². The summed E-state index contributed by atoms with van der Waals surface area (Å²) < 4.78 is 21.4. The molecular formula is C19H18N2O6S. The van der Waals surface area contributed by atoms with Gasteiger partial charge in [0.05, 0.1) is 24.4 Å². The lowest BCUT2D eigenvalue weighted by atomic mass is 10.3. The fourth-order valence-corrected chi connectivity index (χ4v) is 3.21. The van der Waals surface area contributed by atoms with Crippen molar-refractivity contribution < 1.29 is 28.5 Å². The molecule has 3 aromatic rings. The monoisotopic (exact) mass is 402 g/mol. The maximum absolute atomic E-state index is 12.0. The molecule has 0 aliphatic heterocycles. The molecule has 1 aromatic heterocycles. The van der Waals surface area contributed by atoms with Crippen molar-refractivity contribution in [3.63, 3.8) is 0 Å². The minimum atomic E-state index is -0.671. The van der Waals surface area contributed by atoms with Gasteiger partial charge in [0.1, 0.15) is 5.75 Å². The van der Waals surface area contributed by atoms with E-state index in [-0.39, 0.29) is 6.61 Å². The summed E-state index contributed by atoms with van der Waals surface area (Å²) in [7, 11) is 3.08. The zero-order chi connectivity index (χ0) is 19.9. The fraction of sp³-hybridized carbons (Fsp3) is 0.211. The number of benzene rings is 2. The Morgan fingerprint density at radius 1 is 1.04 bits per heavy atom. The van der Waals surface area contributed by atoms with Gasteiger partial charge in [0.15, 0.2) is 29.8 Å². The van der Waals surface area contributed by atoms with Crippen molar-refractivity contribution in [3.8, 4) is 17.2 Å². The van der Waals surface area contributed by atoms with Crippen LogP contribution in [0.1, 0.15) is 0 Å². The Hall–Kier alpha value is -3.33. The van der Waals surface area contributed by atoms with Gasteiger partial charge in [-0.2, -0.15) is 0 Å². The van der Waals surface area contributed by atoms with Crippen molar-refractivity contribution in [2.75, 3.05) is 32.8 Å². The van der Waals surface area contributed by atoms with Gasteiger partial charge in [0, 0.05) is 0 Å². The fourth-order valence-electron chi connectivity index (χ4n) is 2.30. The molecule has 0 bridgehead atoms. The average molecular weight is 402 g/mol. The van der Waals surface area contributed by atoms with Crippen LogP contribution in [0.15, 0.2) is 42.5 Å². The number of nitrogens with one attached hydrogen (secondary N) is 1. The van der Waals surface area contributed by atoms with Crippen LogP contribution < -0.4 is 19.5 Å². The van der Waals surface area contributed by atoms with Crippen molar-refractivity contribution in [2.45, 2.75) is 0 Å². The summed E-state index contributed by atoms with van der Waals surface area (Å²) in [4.78, 5) is 28.1. The predicted molar refractivity (Wildman–Crippen MR) is 104 cm³/mol. The summed E-state index contributed by atoms with van der Waals surface area (Å²) in [6.07, 6.45) is 0. The van der Waals surface area contributed by atoms with Crippen molar-refractivity contribution in [3.05, 3.63) is 42.5 Å². The number of nitrogens with zero attached hydrogens (tertiary/aromatic N) is 1. The predicted octanol–water partition coefficient (Wildman–Crippen LogP) is 2.87. The molecule has 1 N–H and O–H groups in total. The van der Waals surface area contributed by atoms with Crippen LogP contribution in [0.2, 0.25) is 0 Å². The molecule has 146 valence electrons. The molecule has 0 aliphatic rings. The number of methoxy groups -OCH3 is 2. The first-order valence-electron chi connectivity index (χ1n) is 8.25. The van der Waals surface area contributed by atoms with Crippen LogP contribution in [-0.4, -0.2) is 44.3 Å². The third-order valence-corrected chi connectivity index (χ3v) is 4.55. The number of hydrogen-bond donors (Lipinski definition) is 1. The highest BCUT2D eigenvalue weighted by atomic mass is 32.1. The standard InChI is InChI=1S/C19H18N2O6S/c1-24-12-7-8-13-16(9-12)28-19(20-13)21-17(22)10-27-18(23)11-26-15-6-4-3-5-14(15)25-2/h3-9H,10-11H2,1-2H3,(H,20,21,22). The van der Waals surface area contributed by atoms with Crippen LogP contribution >= 0.6 is 11.3 Å². The zero-order valence-corrected chi connectivity index (χ0v) is 16.1. The summed E-state index contributed by atoms with van der Waals surface area (Å²) in [6.45, 7) is -0.776. The number of fused-ring (bicyclic) bond motifs is 1. The van der Waals surface area contributed by atoms with E-state index in [2.05, 4.69) is 10.3 Å². The number of hydrogen-bond acceptors (Lipinski definition) is 8. The first kappa shape index (κ1) is 19.4. The molecule has 0 fully saturated rings. The highest BCUT2D eigenvalue weighted by Crippen LogP contribution is 2.29. The van der Waals surface area contributed by atoms with Gasteiger partial charge in [-0.05, 0) is 30.3 Å². The highest BCUT2D eigenvalue weighted by molar-refractivity contribution is 7.22. The van der Waals surface area contributed by atoms with Gasteiger partial charge in [-0.3, -0.25) is 10.1 Å². The van der Waals surface area contributed by atoms with Crippen LogP contribution in [0, 0.1) is 0 Å². The molecule has 0 atom stereocenters. The van der Waals surface area contributed by atoms with Crippen LogP contribution in [0.5, 0.6) is 17.2 Å². The molecule has 0 radical (unpaired) electrons. The van der Waals surface area contributed by atoms with E-state index < -0.39 is 18.5 Å². The molecule has 0 unspecified atom stereocenters. The summed E-state index contributed by atoms with van der Waals surface area (Å²) in [5, 5.41) is 3.02. The molecule has 1 heterocycles. The first-order chi connectivity index (χ1) is 13.6. The number of carbonyl (C=O) groups is 2. The Bertz CT molecular complexity index is 987. The van der Waals surface area contributed by atoms with E-state index in [0.29, 0.717) is 22.4 Å². The summed E-state index contributed by atoms with van der Waals surface area (Å²) in [5.74, 6) is 0.460.